The summed E-state index contributed by atoms with van der Waals surface area (Å²) in [6, 6.07) is 13.2. The van der Waals surface area contributed by atoms with Gasteiger partial charge in [0.2, 0.25) is 5.91 Å². The van der Waals surface area contributed by atoms with Gasteiger partial charge in [0.25, 0.3) is 0 Å². The summed E-state index contributed by atoms with van der Waals surface area (Å²) in [4.78, 5) is 23.8. The highest BCUT2D eigenvalue weighted by molar-refractivity contribution is 6.31. The Morgan fingerprint density at radius 1 is 1.18 bits per heavy atom. The van der Waals surface area contributed by atoms with E-state index in [0.717, 1.165) is 5.56 Å². The zero-order valence-electron chi connectivity index (χ0n) is 14.6. The summed E-state index contributed by atoms with van der Waals surface area (Å²) in [6.45, 7) is -0.189. The number of hydrogen-bond acceptors (Lipinski definition) is 6. The molecule has 1 heterocycles. The molecule has 3 N–H and O–H groups in total. The highest BCUT2D eigenvalue weighted by Crippen LogP contribution is 2.23. The minimum atomic E-state index is -1.03. The van der Waals surface area contributed by atoms with Gasteiger partial charge in [-0.15, -0.1) is 5.10 Å². The number of carboxylic acids is 1. The Balaban J connectivity index is 1.65. The van der Waals surface area contributed by atoms with Gasteiger partial charge >= 0.3 is 5.97 Å². The van der Waals surface area contributed by atoms with Crippen LogP contribution in [0.4, 0.5) is 5.69 Å². The number of anilines is 1. The Morgan fingerprint density at radius 2 is 1.96 bits per heavy atom. The van der Waals surface area contributed by atoms with Gasteiger partial charge in [0.05, 0.1) is 17.9 Å². The number of carboxylic acid groups (broad SMARTS) is 1. The second-order valence-electron chi connectivity index (χ2n) is 5.93. The molecule has 10 heteroatoms. The van der Waals surface area contributed by atoms with Gasteiger partial charge in [-0.05, 0) is 40.6 Å². The number of rotatable bonds is 8. The van der Waals surface area contributed by atoms with E-state index in [9.17, 15) is 14.7 Å². The Kier molecular flexibility index (Phi) is 6.30. The average Bonchev–Trinajstić information content (AvgIpc) is 3.20. The number of aliphatic carboxylic acids is 1. The van der Waals surface area contributed by atoms with Crippen molar-refractivity contribution in [3.05, 3.63) is 65.4 Å². The highest BCUT2D eigenvalue weighted by Gasteiger charge is 2.19. The van der Waals surface area contributed by atoms with E-state index >= 15 is 0 Å². The van der Waals surface area contributed by atoms with E-state index in [-0.39, 0.29) is 13.0 Å². The Bertz CT molecular complexity index is 949. The molecule has 28 heavy (non-hydrogen) atoms. The predicted molar refractivity (Wildman–Crippen MR) is 102 cm³/mol. The molecule has 3 aromatic rings. The molecule has 0 saturated heterocycles. The van der Waals surface area contributed by atoms with Crippen molar-refractivity contribution in [2.45, 2.75) is 12.5 Å². The lowest BCUT2D eigenvalue weighted by Crippen LogP contribution is -2.42. The number of tetrazole rings is 1. The molecule has 2 aromatic carbocycles. The number of carbonyl (C=O) groups excluding carboxylic acids is 1. The molecule has 9 nitrogen and oxygen atoms in total. The van der Waals surface area contributed by atoms with Crippen LogP contribution in [0, 0.1) is 0 Å². The van der Waals surface area contributed by atoms with Crippen LogP contribution >= 0.6 is 11.6 Å². The lowest BCUT2D eigenvalue weighted by atomic mass is 10.1. The van der Waals surface area contributed by atoms with Crippen molar-refractivity contribution < 1.29 is 14.7 Å². The molecule has 3 rings (SSSR count). The first kappa shape index (κ1) is 19.5. The van der Waals surface area contributed by atoms with Crippen molar-refractivity contribution in [2.24, 2.45) is 0 Å². The fraction of sp³-hybridized carbons (Fsp3) is 0.167. The van der Waals surface area contributed by atoms with Crippen LogP contribution in [-0.4, -0.2) is 49.8 Å². The number of nitrogens with zero attached hydrogens (tertiary/aromatic N) is 4. The van der Waals surface area contributed by atoms with E-state index in [1.54, 1.807) is 18.2 Å². The molecule has 1 amide bonds. The first-order valence-electron chi connectivity index (χ1n) is 8.36. The van der Waals surface area contributed by atoms with Gasteiger partial charge in [-0.3, -0.25) is 14.9 Å². The molecular formula is C18H17ClN6O3. The van der Waals surface area contributed by atoms with Gasteiger partial charge in [-0.1, -0.05) is 41.9 Å². The molecule has 1 unspecified atom stereocenters. The SMILES string of the molecule is O=C(CNC(Cc1ccccc1)C(=O)O)Nc1cc(Cl)ccc1-n1cnnn1. The topological polar surface area (TPSA) is 122 Å². The summed E-state index contributed by atoms with van der Waals surface area (Å²) in [5.74, 6) is -1.45. The van der Waals surface area contributed by atoms with Crippen LogP contribution in [-0.2, 0) is 16.0 Å². The van der Waals surface area contributed by atoms with Crippen LogP contribution in [0.25, 0.3) is 5.69 Å². The van der Waals surface area contributed by atoms with Gasteiger partial charge in [0.15, 0.2) is 0 Å². The first-order valence-corrected chi connectivity index (χ1v) is 8.73. The predicted octanol–water partition coefficient (Wildman–Crippen LogP) is 1.54. The normalized spacial score (nSPS) is 11.8. The van der Waals surface area contributed by atoms with Gasteiger partial charge in [0.1, 0.15) is 12.4 Å². The Labute approximate surface area is 165 Å². The fourth-order valence-electron chi connectivity index (χ4n) is 2.59. The van der Waals surface area contributed by atoms with Gasteiger partial charge in [-0.25, -0.2) is 0 Å². The minimum Gasteiger partial charge on any atom is -0.480 e. The number of hydrogen-bond donors (Lipinski definition) is 3. The maximum absolute atomic E-state index is 12.4. The van der Waals surface area contributed by atoms with Crippen LogP contribution in [0.2, 0.25) is 5.02 Å². The maximum Gasteiger partial charge on any atom is 0.321 e. The molecule has 0 fully saturated rings. The van der Waals surface area contributed by atoms with Crippen LogP contribution < -0.4 is 10.6 Å². The molecule has 0 aliphatic heterocycles. The zero-order valence-corrected chi connectivity index (χ0v) is 15.4. The number of halogens is 1. The largest absolute Gasteiger partial charge is 0.480 e. The average molecular weight is 401 g/mol. The maximum atomic E-state index is 12.4. The van der Waals surface area contributed by atoms with E-state index < -0.39 is 17.9 Å². The van der Waals surface area contributed by atoms with Crippen LogP contribution in [0.1, 0.15) is 5.56 Å². The van der Waals surface area contributed by atoms with Crippen molar-refractivity contribution in [3.63, 3.8) is 0 Å². The lowest BCUT2D eigenvalue weighted by molar-refractivity contribution is -0.139. The van der Waals surface area contributed by atoms with Crippen molar-refractivity contribution in [1.29, 1.82) is 0 Å². The number of benzene rings is 2. The van der Waals surface area contributed by atoms with Crippen LogP contribution in [0.15, 0.2) is 54.9 Å². The van der Waals surface area contributed by atoms with Crippen molar-refractivity contribution in [3.8, 4) is 5.69 Å². The molecular weight excluding hydrogens is 384 g/mol. The standard InChI is InChI=1S/C18H17ClN6O3/c19-13-6-7-16(25-11-21-23-24-25)14(9-13)22-17(26)10-20-15(18(27)28)8-12-4-2-1-3-5-12/h1-7,9,11,15,20H,8,10H2,(H,22,26)(H,27,28). The van der Waals surface area contributed by atoms with E-state index in [4.69, 9.17) is 11.6 Å². The minimum absolute atomic E-state index is 0.189. The lowest BCUT2D eigenvalue weighted by Gasteiger charge is -2.15. The van der Waals surface area contributed by atoms with Gasteiger partial charge in [0, 0.05) is 5.02 Å². The van der Waals surface area contributed by atoms with Crippen molar-refractivity contribution in [2.75, 3.05) is 11.9 Å². The molecule has 1 atom stereocenters. The summed E-state index contributed by atoms with van der Waals surface area (Å²) in [5, 5.41) is 26.2. The summed E-state index contributed by atoms with van der Waals surface area (Å²) in [6.07, 6.45) is 1.65. The smallest absolute Gasteiger partial charge is 0.321 e. The van der Waals surface area contributed by atoms with E-state index in [2.05, 4.69) is 26.2 Å². The molecule has 0 aliphatic carbocycles. The molecule has 144 valence electrons. The number of aromatic nitrogens is 4. The van der Waals surface area contributed by atoms with Gasteiger partial charge in [-0.2, -0.15) is 4.68 Å². The van der Waals surface area contributed by atoms with Crippen molar-refractivity contribution >= 4 is 29.2 Å². The third-order valence-electron chi connectivity index (χ3n) is 3.92. The summed E-state index contributed by atoms with van der Waals surface area (Å²) < 4.78 is 1.38. The summed E-state index contributed by atoms with van der Waals surface area (Å²) in [5.41, 5.74) is 1.79. The highest BCUT2D eigenvalue weighted by atomic mass is 35.5. The van der Waals surface area contributed by atoms with E-state index in [1.165, 1.54) is 11.0 Å². The monoisotopic (exact) mass is 400 g/mol. The Morgan fingerprint density at radius 3 is 2.64 bits per heavy atom. The first-order chi connectivity index (χ1) is 13.5. The van der Waals surface area contributed by atoms with E-state index in [0.29, 0.717) is 16.4 Å². The molecule has 0 saturated carbocycles. The molecule has 0 spiro atoms. The summed E-state index contributed by atoms with van der Waals surface area (Å²) in [7, 11) is 0. The quantitative estimate of drug-likeness (QED) is 0.524. The van der Waals surface area contributed by atoms with Crippen molar-refractivity contribution in [1.82, 2.24) is 25.5 Å². The zero-order chi connectivity index (χ0) is 19.9. The van der Waals surface area contributed by atoms with Crippen LogP contribution in [0.3, 0.4) is 0 Å². The number of carbonyl (C=O) groups is 2. The second-order valence-corrected chi connectivity index (χ2v) is 6.36. The number of amides is 1. The van der Waals surface area contributed by atoms with E-state index in [1.807, 2.05) is 30.3 Å². The fourth-order valence-corrected chi connectivity index (χ4v) is 2.76. The molecule has 0 bridgehead atoms. The third kappa shape index (κ3) is 5.12. The summed E-state index contributed by atoms with van der Waals surface area (Å²) >= 11 is 6.02. The van der Waals surface area contributed by atoms with Gasteiger partial charge < -0.3 is 10.4 Å². The second kappa shape index (κ2) is 9.07. The number of nitrogens with one attached hydrogen (secondary N) is 2. The Hall–Kier alpha value is -3.30. The molecule has 1 aromatic heterocycles. The van der Waals surface area contributed by atoms with Crippen LogP contribution in [0.5, 0.6) is 0 Å². The molecule has 0 aliphatic rings. The third-order valence-corrected chi connectivity index (χ3v) is 4.15. The molecule has 0 radical (unpaired) electrons.